The van der Waals surface area contributed by atoms with Crippen molar-refractivity contribution in [3.05, 3.63) is 57.0 Å². The molecule has 2 rings (SSSR count). The summed E-state index contributed by atoms with van der Waals surface area (Å²) in [6.07, 6.45) is 0. The minimum Gasteiger partial charge on any atom is -0.466 e. The first-order chi connectivity index (χ1) is 10.8. The van der Waals surface area contributed by atoms with Crippen LogP contribution in [0.1, 0.15) is 32.2 Å². The maximum Gasteiger partial charge on any atom is 0.292 e. The zero-order valence-electron chi connectivity index (χ0n) is 12.4. The predicted molar refractivity (Wildman–Crippen MR) is 80.6 cm³/mol. The molecule has 2 aromatic rings. The predicted octanol–water partition coefficient (Wildman–Crippen LogP) is 1.46. The smallest absolute Gasteiger partial charge is 0.292 e. The van der Waals surface area contributed by atoms with E-state index in [-0.39, 0.29) is 22.5 Å². The van der Waals surface area contributed by atoms with E-state index in [1.807, 2.05) is 0 Å². The number of nitrogens with two attached hydrogens (primary N) is 1. The molecule has 9 heteroatoms. The average Bonchev–Trinajstić information content (AvgIpc) is 2.83. The molecular formula is C14H14N4O5. The van der Waals surface area contributed by atoms with Crippen molar-refractivity contribution in [2.24, 2.45) is 0 Å². The Morgan fingerprint density at radius 2 is 1.83 bits per heavy atom. The Hall–Kier alpha value is -3.36. The van der Waals surface area contributed by atoms with Gasteiger partial charge in [0.05, 0.1) is 10.5 Å². The number of carbonyl (C=O) groups is 2. The molecule has 0 aliphatic heterocycles. The highest BCUT2D eigenvalue weighted by Gasteiger charge is 2.17. The molecule has 0 spiro atoms. The van der Waals surface area contributed by atoms with Crippen LogP contribution in [-0.2, 0) is 0 Å². The molecule has 1 aromatic heterocycles. The first kappa shape index (κ1) is 16.0. The van der Waals surface area contributed by atoms with Gasteiger partial charge in [0.1, 0.15) is 17.2 Å². The summed E-state index contributed by atoms with van der Waals surface area (Å²) in [5.74, 6) is -0.289. The van der Waals surface area contributed by atoms with Gasteiger partial charge in [-0.1, -0.05) is 0 Å². The van der Waals surface area contributed by atoms with Gasteiger partial charge in [-0.05, 0) is 32.0 Å². The van der Waals surface area contributed by atoms with Crippen LogP contribution in [0.3, 0.4) is 0 Å². The molecule has 0 aliphatic rings. The van der Waals surface area contributed by atoms with Crippen molar-refractivity contribution in [2.45, 2.75) is 13.8 Å². The number of benzene rings is 1. The van der Waals surface area contributed by atoms with Crippen LogP contribution in [0.5, 0.6) is 0 Å². The van der Waals surface area contributed by atoms with E-state index in [4.69, 9.17) is 10.2 Å². The van der Waals surface area contributed by atoms with Crippen LogP contribution in [0.25, 0.3) is 0 Å². The zero-order valence-corrected chi connectivity index (χ0v) is 12.4. The Kier molecular flexibility index (Phi) is 4.30. The van der Waals surface area contributed by atoms with Gasteiger partial charge in [-0.2, -0.15) is 0 Å². The molecule has 0 unspecified atom stereocenters. The molecule has 23 heavy (non-hydrogen) atoms. The molecule has 1 aromatic carbocycles. The lowest BCUT2D eigenvalue weighted by molar-refractivity contribution is -0.383. The van der Waals surface area contributed by atoms with E-state index in [0.717, 1.165) is 6.07 Å². The molecule has 0 aliphatic carbocycles. The highest BCUT2D eigenvalue weighted by atomic mass is 16.6. The summed E-state index contributed by atoms with van der Waals surface area (Å²) >= 11 is 0. The number of nitrogens with one attached hydrogen (secondary N) is 2. The zero-order chi connectivity index (χ0) is 17.1. The van der Waals surface area contributed by atoms with Crippen molar-refractivity contribution >= 4 is 23.2 Å². The van der Waals surface area contributed by atoms with Gasteiger partial charge in [0.25, 0.3) is 17.5 Å². The van der Waals surface area contributed by atoms with E-state index >= 15 is 0 Å². The van der Waals surface area contributed by atoms with Gasteiger partial charge in [-0.25, -0.2) is 0 Å². The normalized spacial score (nSPS) is 10.2. The highest BCUT2D eigenvalue weighted by Crippen LogP contribution is 2.22. The summed E-state index contributed by atoms with van der Waals surface area (Å²) in [7, 11) is 0. The van der Waals surface area contributed by atoms with E-state index in [1.54, 1.807) is 13.8 Å². The monoisotopic (exact) mass is 318 g/mol. The number of hydrogen-bond donors (Lipinski definition) is 3. The number of nitrogens with zero attached hydrogens (tertiary/aromatic N) is 1. The van der Waals surface area contributed by atoms with E-state index in [2.05, 4.69) is 10.9 Å². The molecule has 1 heterocycles. The molecule has 9 nitrogen and oxygen atoms in total. The Morgan fingerprint density at radius 1 is 1.17 bits per heavy atom. The summed E-state index contributed by atoms with van der Waals surface area (Å²) in [4.78, 5) is 34.0. The Labute approximate surface area is 130 Å². The van der Waals surface area contributed by atoms with E-state index < -0.39 is 16.7 Å². The van der Waals surface area contributed by atoms with Crippen molar-refractivity contribution in [1.82, 2.24) is 10.9 Å². The number of hydrogen-bond acceptors (Lipinski definition) is 6. The second kappa shape index (κ2) is 6.18. The average molecular weight is 318 g/mol. The van der Waals surface area contributed by atoms with Crippen LogP contribution in [-0.4, -0.2) is 16.7 Å². The molecule has 4 N–H and O–H groups in total. The Bertz CT molecular complexity index is 796. The SMILES string of the molecule is Cc1cc(C(=O)NNC(=O)c2ccc(N)c([N+](=O)[O-])c2)c(C)o1. The van der Waals surface area contributed by atoms with Crippen molar-refractivity contribution in [1.29, 1.82) is 0 Å². The second-order valence-electron chi connectivity index (χ2n) is 4.77. The fraction of sp³-hybridized carbons (Fsp3) is 0.143. The van der Waals surface area contributed by atoms with Gasteiger partial charge in [0, 0.05) is 11.6 Å². The minimum absolute atomic E-state index is 0.00806. The molecule has 0 radical (unpaired) electrons. The summed E-state index contributed by atoms with van der Waals surface area (Å²) in [5, 5.41) is 10.8. The number of carbonyl (C=O) groups excluding carboxylic acids is 2. The van der Waals surface area contributed by atoms with Gasteiger partial charge in [0.15, 0.2) is 0 Å². The highest BCUT2D eigenvalue weighted by molar-refractivity contribution is 6.00. The van der Waals surface area contributed by atoms with Crippen LogP contribution in [0.2, 0.25) is 0 Å². The van der Waals surface area contributed by atoms with Gasteiger partial charge in [-0.3, -0.25) is 30.6 Å². The minimum atomic E-state index is -0.709. The lowest BCUT2D eigenvalue weighted by Crippen LogP contribution is -2.41. The molecular weight excluding hydrogens is 304 g/mol. The van der Waals surface area contributed by atoms with Crippen molar-refractivity contribution in [3.8, 4) is 0 Å². The number of anilines is 1. The molecule has 0 fully saturated rings. The van der Waals surface area contributed by atoms with Crippen LogP contribution in [0.4, 0.5) is 11.4 Å². The van der Waals surface area contributed by atoms with Crippen LogP contribution >= 0.6 is 0 Å². The third kappa shape index (κ3) is 3.46. The van der Waals surface area contributed by atoms with E-state index in [0.29, 0.717) is 11.5 Å². The first-order valence-electron chi connectivity index (χ1n) is 6.51. The van der Waals surface area contributed by atoms with E-state index in [1.165, 1.54) is 18.2 Å². The number of amides is 2. The summed E-state index contributed by atoms with van der Waals surface area (Å²) in [6.45, 7) is 3.31. The summed E-state index contributed by atoms with van der Waals surface area (Å²) in [5.41, 5.74) is 9.68. The maximum absolute atomic E-state index is 11.9. The number of aryl methyl sites for hydroxylation is 2. The summed E-state index contributed by atoms with van der Waals surface area (Å²) in [6, 6.07) is 5.13. The topological polar surface area (TPSA) is 140 Å². The van der Waals surface area contributed by atoms with Gasteiger partial charge in [-0.15, -0.1) is 0 Å². The Balaban J connectivity index is 2.08. The quantitative estimate of drug-likeness (QED) is 0.444. The summed E-state index contributed by atoms with van der Waals surface area (Å²) < 4.78 is 5.22. The second-order valence-corrected chi connectivity index (χ2v) is 4.77. The van der Waals surface area contributed by atoms with Crippen LogP contribution in [0, 0.1) is 24.0 Å². The van der Waals surface area contributed by atoms with Crippen LogP contribution in [0.15, 0.2) is 28.7 Å². The largest absolute Gasteiger partial charge is 0.466 e. The van der Waals surface area contributed by atoms with E-state index in [9.17, 15) is 19.7 Å². The van der Waals surface area contributed by atoms with Crippen molar-refractivity contribution in [2.75, 3.05) is 5.73 Å². The number of nitro benzene ring substituents is 1. The Morgan fingerprint density at radius 3 is 2.39 bits per heavy atom. The first-order valence-corrected chi connectivity index (χ1v) is 6.51. The number of rotatable bonds is 3. The molecule has 0 saturated carbocycles. The van der Waals surface area contributed by atoms with Gasteiger partial charge in [0.2, 0.25) is 0 Å². The lowest BCUT2D eigenvalue weighted by atomic mass is 10.1. The lowest BCUT2D eigenvalue weighted by Gasteiger charge is -2.07. The van der Waals surface area contributed by atoms with Gasteiger partial charge >= 0.3 is 0 Å². The third-order valence-electron chi connectivity index (χ3n) is 3.06. The number of furan rings is 1. The maximum atomic E-state index is 11.9. The molecule has 0 bridgehead atoms. The number of nitro groups is 1. The molecule has 0 atom stereocenters. The van der Waals surface area contributed by atoms with Crippen molar-refractivity contribution < 1.29 is 18.9 Å². The standard InChI is InChI=1S/C14H14N4O5/c1-7-5-10(8(2)23-7)14(20)17-16-13(19)9-3-4-11(15)12(6-9)18(21)22/h3-6H,15H2,1-2H3,(H,16,19)(H,17,20). The fourth-order valence-corrected chi connectivity index (χ4v) is 1.95. The van der Waals surface area contributed by atoms with Crippen LogP contribution < -0.4 is 16.6 Å². The third-order valence-corrected chi connectivity index (χ3v) is 3.06. The molecule has 120 valence electrons. The number of nitrogen functional groups attached to an aromatic ring is 1. The fourth-order valence-electron chi connectivity index (χ4n) is 1.95. The molecule has 2 amide bonds. The number of hydrazine groups is 1. The van der Waals surface area contributed by atoms with Crippen molar-refractivity contribution in [3.63, 3.8) is 0 Å². The molecule has 0 saturated heterocycles. The van der Waals surface area contributed by atoms with Gasteiger partial charge < -0.3 is 10.2 Å².